The number of nitro benzene ring substituents is 1. The lowest BCUT2D eigenvalue weighted by molar-refractivity contribution is -0.384. The highest BCUT2D eigenvalue weighted by Crippen LogP contribution is 2.36. The molecule has 0 radical (unpaired) electrons. The summed E-state index contributed by atoms with van der Waals surface area (Å²) in [6.07, 6.45) is -4.59. The Hall–Kier alpha value is -2.78. The van der Waals surface area contributed by atoms with Gasteiger partial charge in [-0.3, -0.25) is 10.1 Å². The van der Waals surface area contributed by atoms with Crippen molar-refractivity contribution in [2.24, 2.45) is 0 Å². The van der Waals surface area contributed by atoms with Crippen molar-refractivity contribution < 1.29 is 22.9 Å². The maximum absolute atomic E-state index is 13.3. The summed E-state index contributed by atoms with van der Waals surface area (Å²) in [5, 5.41) is 18.7. The quantitative estimate of drug-likeness (QED) is 0.132. The van der Waals surface area contributed by atoms with Crippen LogP contribution in [0.25, 0.3) is 11.3 Å². The van der Waals surface area contributed by atoms with Gasteiger partial charge in [0, 0.05) is 41.7 Å². The Kier molecular flexibility index (Phi) is 9.79. The van der Waals surface area contributed by atoms with Crippen LogP contribution in [0.2, 0.25) is 0 Å². The number of nitrogens with zero attached hydrogens (tertiary/aromatic N) is 3. The smallest absolute Gasteiger partial charge is 0.336 e. The molecule has 36 heavy (non-hydrogen) atoms. The number of benzene rings is 2. The van der Waals surface area contributed by atoms with Crippen LogP contribution in [-0.2, 0) is 6.18 Å². The Morgan fingerprint density at radius 2 is 1.81 bits per heavy atom. The molecule has 0 spiro atoms. The lowest BCUT2D eigenvalue weighted by Gasteiger charge is -2.23. The fourth-order valence-corrected chi connectivity index (χ4v) is 3.95. The van der Waals surface area contributed by atoms with Gasteiger partial charge in [0.05, 0.1) is 21.9 Å². The maximum Gasteiger partial charge on any atom is 0.416 e. The molecule has 0 saturated heterocycles. The molecule has 0 aliphatic heterocycles. The SMILES string of the molecule is CC(C)(C)NCCNC(=O)N(c1cccc(C(F)(F)F)c1)c1nc(-c2cccc([N+](=O)[O-])c2)cs1.I. The van der Waals surface area contributed by atoms with Gasteiger partial charge in [-0.05, 0) is 39.0 Å². The number of thiazole rings is 1. The summed E-state index contributed by atoms with van der Waals surface area (Å²) in [5.41, 5.74) is -0.420. The molecule has 13 heteroatoms. The Morgan fingerprint density at radius 1 is 1.11 bits per heavy atom. The number of rotatable bonds is 7. The summed E-state index contributed by atoms with van der Waals surface area (Å²) >= 11 is 1.03. The number of carbonyl (C=O) groups is 1. The molecule has 0 bridgehead atoms. The molecule has 0 unspecified atom stereocenters. The lowest BCUT2D eigenvalue weighted by atomic mass is 10.1. The summed E-state index contributed by atoms with van der Waals surface area (Å²) in [6, 6.07) is 9.55. The zero-order valence-corrected chi connectivity index (χ0v) is 22.8. The van der Waals surface area contributed by atoms with Gasteiger partial charge in [-0.25, -0.2) is 14.7 Å². The molecule has 2 N–H and O–H groups in total. The normalized spacial score (nSPS) is 11.5. The Labute approximate surface area is 227 Å². The van der Waals surface area contributed by atoms with Crippen molar-refractivity contribution in [3.05, 3.63) is 69.6 Å². The molecular formula is C23H25F3IN5O3S. The molecule has 0 saturated carbocycles. The number of aromatic nitrogens is 1. The van der Waals surface area contributed by atoms with Crippen molar-refractivity contribution in [3.63, 3.8) is 0 Å². The number of alkyl halides is 3. The van der Waals surface area contributed by atoms with E-state index in [0.717, 1.165) is 28.4 Å². The van der Waals surface area contributed by atoms with Gasteiger partial charge >= 0.3 is 12.2 Å². The molecule has 2 aromatic carbocycles. The van der Waals surface area contributed by atoms with E-state index < -0.39 is 22.7 Å². The highest BCUT2D eigenvalue weighted by atomic mass is 127. The van der Waals surface area contributed by atoms with E-state index in [9.17, 15) is 28.1 Å². The topological polar surface area (TPSA) is 100 Å². The van der Waals surface area contributed by atoms with E-state index in [0.29, 0.717) is 17.8 Å². The minimum absolute atomic E-state index is 0. The zero-order valence-electron chi connectivity index (χ0n) is 19.6. The molecule has 0 aliphatic carbocycles. The molecule has 8 nitrogen and oxygen atoms in total. The van der Waals surface area contributed by atoms with E-state index in [1.165, 1.54) is 30.3 Å². The summed E-state index contributed by atoms with van der Waals surface area (Å²) in [6.45, 7) is 6.58. The van der Waals surface area contributed by atoms with Crippen molar-refractivity contribution in [1.29, 1.82) is 0 Å². The maximum atomic E-state index is 13.3. The van der Waals surface area contributed by atoms with E-state index in [1.807, 2.05) is 20.8 Å². The number of hydrogen-bond acceptors (Lipinski definition) is 6. The first-order valence-corrected chi connectivity index (χ1v) is 11.4. The van der Waals surface area contributed by atoms with Crippen molar-refractivity contribution in [2.75, 3.05) is 18.0 Å². The molecule has 2 amide bonds. The van der Waals surface area contributed by atoms with Gasteiger partial charge in [-0.1, -0.05) is 18.2 Å². The predicted molar refractivity (Wildman–Crippen MR) is 144 cm³/mol. The molecular weight excluding hydrogens is 610 g/mol. The van der Waals surface area contributed by atoms with Gasteiger partial charge in [0.25, 0.3) is 5.69 Å². The van der Waals surface area contributed by atoms with E-state index in [1.54, 1.807) is 11.4 Å². The fourth-order valence-electron chi connectivity index (χ4n) is 3.10. The number of non-ortho nitro benzene ring substituents is 1. The number of halogens is 4. The van der Waals surface area contributed by atoms with Crippen LogP contribution in [0.15, 0.2) is 53.9 Å². The summed E-state index contributed by atoms with van der Waals surface area (Å²) in [4.78, 5) is 29.1. The van der Waals surface area contributed by atoms with Gasteiger partial charge in [-0.15, -0.1) is 35.3 Å². The number of carbonyl (C=O) groups excluding carboxylic acids is 1. The molecule has 0 atom stereocenters. The summed E-state index contributed by atoms with van der Waals surface area (Å²) < 4.78 is 40.0. The largest absolute Gasteiger partial charge is 0.416 e. The molecule has 194 valence electrons. The van der Waals surface area contributed by atoms with Gasteiger partial charge in [0.15, 0.2) is 5.13 Å². The number of nitro groups is 1. The third-order valence-corrected chi connectivity index (χ3v) is 5.55. The van der Waals surface area contributed by atoms with Gasteiger partial charge < -0.3 is 10.6 Å². The second-order valence-corrected chi connectivity index (χ2v) is 9.45. The minimum Gasteiger partial charge on any atom is -0.336 e. The van der Waals surface area contributed by atoms with Crippen molar-refractivity contribution in [3.8, 4) is 11.3 Å². The van der Waals surface area contributed by atoms with Crippen LogP contribution >= 0.6 is 35.3 Å². The number of hydrogen-bond donors (Lipinski definition) is 2. The molecule has 1 aromatic heterocycles. The first kappa shape index (κ1) is 29.5. The number of anilines is 2. The lowest BCUT2D eigenvalue weighted by Crippen LogP contribution is -2.44. The van der Waals surface area contributed by atoms with E-state index in [2.05, 4.69) is 15.6 Å². The highest BCUT2D eigenvalue weighted by molar-refractivity contribution is 14.0. The molecule has 1 heterocycles. The first-order valence-electron chi connectivity index (χ1n) is 10.6. The average Bonchev–Trinajstić information content (AvgIpc) is 3.26. The Balaban J connectivity index is 0.00000456. The second-order valence-electron chi connectivity index (χ2n) is 8.61. The number of amides is 2. The van der Waals surface area contributed by atoms with Gasteiger partial charge in [0.1, 0.15) is 0 Å². The summed E-state index contributed by atoms with van der Waals surface area (Å²) in [5.74, 6) is 0. The number of nitrogens with one attached hydrogen (secondary N) is 2. The predicted octanol–water partition coefficient (Wildman–Crippen LogP) is 6.59. The summed E-state index contributed by atoms with van der Waals surface area (Å²) in [7, 11) is 0. The Morgan fingerprint density at radius 3 is 2.44 bits per heavy atom. The van der Waals surface area contributed by atoms with Crippen LogP contribution < -0.4 is 15.5 Å². The van der Waals surface area contributed by atoms with E-state index in [4.69, 9.17) is 0 Å². The van der Waals surface area contributed by atoms with Gasteiger partial charge in [-0.2, -0.15) is 13.2 Å². The first-order chi connectivity index (χ1) is 16.3. The van der Waals surface area contributed by atoms with Crippen LogP contribution in [0.1, 0.15) is 26.3 Å². The monoisotopic (exact) mass is 635 g/mol. The number of urea groups is 1. The van der Waals surface area contributed by atoms with Crippen molar-refractivity contribution in [1.82, 2.24) is 15.6 Å². The van der Waals surface area contributed by atoms with Crippen LogP contribution in [-0.4, -0.2) is 34.6 Å². The second kappa shape index (κ2) is 12.0. The van der Waals surface area contributed by atoms with Crippen LogP contribution in [0.3, 0.4) is 0 Å². The fraction of sp³-hybridized carbons (Fsp3) is 0.304. The molecule has 0 aliphatic rings. The van der Waals surface area contributed by atoms with Crippen LogP contribution in [0.5, 0.6) is 0 Å². The van der Waals surface area contributed by atoms with Crippen molar-refractivity contribution in [2.45, 2.75) is 32.5 Å². The molecule has 3 aromatic rings. The standard InChI is InChI=1S/C23H24F3N5O3S.HI/c1-22(2,3)28-11-10-27-20(32)30(17-8-5-7-16(13-17)23(24,25)26)21-29-19(14-35-21)15-6-4-9-18(12-15)31(33)34;/h4-9,12-14,28H,10-11H2,1-3H3,(H,27,32);1H. The zero-order chi connectivity index (χ0) is 25.8. The van der Waals surface area contributed by atoms with E-state index >= 15 is 0 Å². The van der Waals surface area contributed by atoms with Gasteiger partial charge in [0.2, 0.25) is 0 Å². The van der Waals surface area contributed by atoms with Crippen LogP contribution in [0, 0.1) is 10.1 Å². The van der Waals surface area contributed by atoms with Crippen LogP contribution in [0.4, 0.5) is 34.5 Å². The van der Waals surface area contributed by atoms with E-state index in [-0.39, 0.29) is 52.6 Å². The molecule has 0 fully saturated rings. The third-order valence-electron chi connectivity index (χ3n) is 4.73. The minimum atomic E-state index is -4.59. The average molecular weight is 635 g/mol. The molecule has 3 rings (SSSR count). The van der Waals surface area contributed by atoms with Crippen molar-refractivity contribution >= 4 is 57.9 Å². The Bertz CT molecular complexity index is 1210. The highest BCUT2D eigenvalue weighted by Gasteiger charge is 2.32. The third kappa shape index (κ3) is 7.86.